The van der Waals surface area contributed by atoms with Crippen LogP contribution in [0.25, 0.3) is 0 Å². The first-order chi connectivity index (χ1) is 18.5. The Bertz CT molecular complexity index is 977. The first kappa shape index (κ1) is 29.6. The summed E-state index contributed by atoms with van der Waals surface area (Å²) in [6, 6.07) is 5.06. The molecule has 2 fully saturated rings. The average Bonchev–Trinajstić information content (AvgIpc) is 2.96. The SMILES string of the molecule is CNC(=O)CCC(C=O)N(C)c1cccc(C#CCOC2CCN(CC3CCNCC3)CC2)c1N(C)C=O. The summed E-state index contributed by atoms with van der Waals surface area (Å²) in [6.45, 7) is 5.95. The Labute approximate surface area is 227 Å². The minimum atomic E-state index is -0.515. The molecular formula is C29H43N5O4. The molecule has 1 atom stereocenters. The Morgan fingerprint density at radius 3 is 2.61 bits per heavy atom. The van der Waals surface area contributed by atoms with E-state index in [-0.39, 0.29) is 18.4 Å². The van der Waals surface area contributed by atoms with Gasteiger partial charge >= 0.3 is 0 Å². The average molecular weight is 526 g/mol. The highest BCUT2D eigenvalue weighted by Gasteiger charge is 2.23. The maximum atomic E-state index is 11.8. The molecule has 0 aromatic heterocycles. The van der Waals surface area contributed by atoms with Crippen LogP contribution in [0.3, 0.4) is 0 Å². The molecule has 0 radical (unpaired) electrons. The second-order valence-electron chi connectivity index (χ2n) is 10.2. The number of anilines is 2. The van der Waals surface area contributed by atoms with Crippen LogP contribution in [-0.2, 0) is 19.1 Å². The van der Waals surface area contributed by atoms with E-state index in [1.807, 2.05) is 18.2 Å². The zero-order valence-electron chi connectivity index (χ0n) is 23.1. The van der Waals surface area contributed by atoms with Gasteiger partial charge in [0.2, 0.25) is 12.3 Å². The minimum Gasteiger partial charge on any atom is -0.365 e. The normalized spacial score (nSPS) is 17.7. The number of aldehydes is 1. The summed E-state index contributed by atoms with van der Waals surface area (Å²) in [7, 11) is 5.03. The molecule has 0 aliphatic carbocycles. The van der Waals surface area contributed by atoms with Crippen molar-refractivity contribution in [3.8, 4) is 11.8 Å². The topological polar surface area (TPSA) is 94.2 Å². The van der Waals surface area contributed by atoms with Crippen molar-refractivity contribution in [2.75, 3.05) is 70.3 Å². The molecule has 1 aromatic rings. The Kier molecular flexibility index (Phi) is 12.1. The van der Waals surface area contributed by atoms with E-state index < -0.39 is 6.04 Å². The third-order valence-electron chi connectivity index (χ3n) is 7.63. The van der Waals surface area contributed by atoms with Crippen molar-refractivity contribution in [1.29, 1.82) is 0 Å². The summed E-state index contributed by atoms with van der Waals surface area (Å²) < 4.78 is 6.08. The Morgan fingerprint density at radius 2 is 1.95 bits per heavy atom. The number of rotatable bonds is 12. The van der Waals surface area contributed by atoms with Gasteiger partial charge in [-0.25, -0.2) is 0 Å². The first-order valence-corrected chi connectivity index (χ1v) is 13.7. The van der Waals surface area contributed by atoms with Crippen molar-refractivity contribution in [1.82, 2.24) is 15.5 Å². The van der Waals surface area contributed by atoms with Gasteiger partial charge in [-0.15, -0.1) is 0 Å². The predicted molar refractivity (Wildman–Crippen MR) is 150 cm³/mol. The number of carbonyl (C=O) groups is 3. The lowest BCUT2D eigenvalue weighted by molar-refractivity contribution is -0.120. The van der Waals surface area contributed by atoms with Crippen LogP contribution in [0, 0.1) is 17.8 Å². The van der Waals surface area contributed by atoms with Gasteiger partial charge in [-0.3, -0.25) is 9.59 Å². The molecule has 0 saturated carbocycles. The first-order valence-electron chi connectivity index (χ1n) is 13.7. The number of hydrogen-bond acceptors (Lipinski definition) is 7. The Morgan fingerprint density at radius 1 is 1.21 bits per heavy atom. The maximum absolute atomic E-state index is 11.8. The number of likely N-dealkylation sites (N-methyl/N-ethyl adjacent to an activating group) is 1. The van der Waals surface area contributed by atoms with Crippen molar-refractivity contribution < 1.29 is 19.1 Å². The lowest BCUT2D eigenvalue weighted by atomic mass is 9.96. The van der Waals surface area contributed by atoms with Gasteiger partial charge < -0.3 is 34.9 Å². The van der Waals surface area contributed by atoms with Crippen LogP contribution < -0.4 is 20.4 Å². The molecule has 2 heterocycles. The number of para-hydroxylation sites is 1. The molecule has 0 spiro atoms. The van der Waals surface area contributed by atoms with E-state index in [0.29, 0.717) is 30.0 Å². The number of hydrogen-bond donors (Lipinski definition) is 2. The molecule has 9 heteroatoms. The molecule has 1 unspecified atom stereocenters. The van der Waals surface area contributed by atoms with Gasteiger partial charge in [0.25, 0.3) is 0 Å². The van der Waals surface area contributed by atoms with E-state index in [4.69, 9.17) is 4.74 Å². The highest BCUT2D eigenvalue weighted by Crippen LogP contribution is 2.32. The van der Waals surface area contributed by atoms with Crippen LogP contribution in [-0.4, -0.2) is 96.1 Å². The number of ether oxygens (including phenoxy) is 1. The lowest BCUT2D eigenvalue weighted by Gasteiger charge is -2.35. The van der Waals surface area contributed by atoms with Crippen LogP contribution in [0.15, 0.2) is 18.2 Å². The van der Waals surface area contributed by atoms with E-state index in [9.17, 15) is 14.4 Å². The largest absolute Gasteiger partial charge is 0.365 e. The predicted octanol–water partition coefficient (Wildman–Crippen LogP) is 1.64. The fourth-order valence-corrected chi connectivity index (χ4v) is 5.25. The van der Waals surface area contributed by atoms with Gasteiger partial charge in [0.1, 0.15) is 12.9 Å². The molecule has 0 bridgehead atoms. The summed E-state index contributed by atoms with van der Waals surface area (Å²) >= 11 is 0. The maximum Gasteiger partial charge on any atom is 0.219 e. The molecule has 2 N–H and O–H groups in total. The molecule has 2 aliphatic heterocycles. The zero-order chi connectivity index (χ0) is 27.3. The quantitative estimate of drug-likeness (QED) is 0.317. The second-order valence-corrected chi connectivity index (χ2v) is 10.2. The van der Waals surface area contributed by atoms with E-state index in [1.165, 1.54) is 24.3 Å². The molecule has 38 heavy (non-hydrogen) atoms. The highest BCUT2D eigenvalue weighted by atomic mass is 16.5. The molecule has 208 valence electrons. The van der Waals surface area contributed by atoms with Crippen LogP contribution in [0.1, 0.15) is 44.1 Å². The fraction of sp³-hybridized carbons (Fsp3) is 0.621. The molecule has 9 nitrogen and oxygen atoms in total. The number of piperidine rings is 2. The van der Waals surface area contributed by atoms with E-state index in [0.717, 1.165) is 57.6 Å². The van der Waals surface area contributed by atoms with Crippen LogP contribution in [0.4, 0.5) is 11.4 Å². The van der Waals surface area contributed by atoms with Crippen LogP contribution in [0.2, 0.25) is 0 Å². The van der Waals surface area contributed by atoms with Crippen molar-refractivity contribution in [3.05, 3.63) is 23.8 Å². The third kappa shape index (κ3) is 8.55. The summed E-state index contributed by atoms with van der Waals surface area (Å²) in [6.07, 6.45) is 6.97. The molecule has 2 saturated heterocycles. The minimum absolute atomic E-state index is 0.123. The van der Waals surface area contributed by atoms with E-state index in [2.05, 4.69) is 27.4 Å². The highest BCUT2D eigenvalue weighted by molar-refractivity contribution is 5.89. The number of carbonyl (C=O) groups excluding carboxylic acids is 3. The summed E-state index contributed by atoms with van der Waals surface area (Å²) in [5.74, 6) is 6.99. The lowest BCUT2D eigenvalue weighted by Crippen LogP contribution is -2.41. The van der Waals surface area contributed by atoms with E-state index >= 15 is 0 Å². The number of amides is 2. The van der Waals surface area contributed by atoms with Crippen LogP contribution in [0.5, 0.6) is 0 Å². The molecule has 3 rings (SSSR count). The van der Waals surface area contributed by atoms with Gasteiger partial charge in [0, 0.05) is 47.2 Å². The van der Waals surface area contributed by atoms with Gasteiger partial charge in [0.15, 0.2) is 0 Å². The van der Waals surface area contributed by atoms with Gasteiger partial charge in [-0.2, -0.15) is 0 Å². The smallest absolute Gasteiger partial charge is 0.219 e. The van der Waals surface area contributed by atoms with Gasteiger partial charge in [-0.1, -0.05) is 17.9 Å². The standard InChI is InChI=1S/C29H43N5O4/c1-30-28(37)10-9-25(21-35)33(3)27-8-4-6-24(29(27)32(2)22-36)7-5-19-38-26-13-17-34(18-14-26)20-23-11-15-31-16-12-23/h4,6,8,21-23,25-26,31H,9-20H2,1-3H3,(H,30,37). The Balaban J connectivity index is 1.59. The summed E-state index contributed by atoms with van der Waals surface area (Å²) in [5, 5.41) is 6.02. The molecule has 1 aromatic carbocycles. The van der Waals surface area contributed by atoms with Gasteiger partial charge in [-0.05, 0) is 63.2 Å². The fourth-order valence-electron chi connectivity index (χ4n) is 5.25. The summed E-state index contributed by atoms with van der Waals surface area (Å²) in [5.41, 5.74) is 2.00. The number of nitrogens with one attached hydrogen (secondary N) is 2. The monoisotopic (exact) mass is 525 g/mol. The molecule has 2 amide bonds. The van der Waals surface area contributed by atoms with Crippen molar-refractivity contribution >= 4 is 30.0 Å². The van der Waals surface area contributed by atoms with E-state index in [1.54, 1.807) is 26.0 Å². The Hall–Kier alpha value is -2.93. The van der Waals surface area contributed by atoms with Gasteiger partial charge in [0.05, 0.1) is 29.1 Å². The van der Waals surface area contributed by atoms with Crippen molar-refractivity contribution in [2.45, 2.75) is 50.7 Å². The summed E-state index contributed by atoms with van der Waals surface area (Å²) in [4.78, 5) is 41.1. The number of benzene rings is 1. The second kappa shape index (κ2) is 15.5. The molecule has 2 aliphatic rings. The number of likely N-dealkylation sites (tertiary alicyclic amines) is 1. The number of nitrogens with zero attached hydrogens (tertiary/aromatic N) is 3. The third-order valence-corrected chi connectivity index (χ3v) is 7.63. The van der Waals surface area contributed by atoms with Crippen LogP contribution >= 0.6 is 0 Å². The molecular weight excluding hydrogens is 482 g/mol. The van der Waals surface area contributed by atoms with Crippen molar-refractivity contribution in [3.63, 3.8) is 0 Å². The van der Waals surface area contributed by atoms with Crippen molar-refractivity contribution in [2.24, 2.45) is 5.92 Å². The zero-order valence-corrected chi connectivity index (χ0v) is 23.1.